The molecule has 5 rings (SSSR count). The summed E-state index contributed by atoms with van der Waals surface area (Å²) in [6.45, 7) is -0.340. The molecule has 252 valence electrons. The fourth-order valence-corrected chi connectivity index (χ4v) is 5.98. The van der Waals surface area contributed by atoms with Crippen molar-refractivity contribution in [2.75, 3.05) is 18.4 Å². The van der Waals surface area contributed by atoms with Gasteiger partial charge in [-0.15, -0.1) is 0 Å². The monoisotopic (exact) mass is 685 g/mol. The number of amides is 2. The molecular weight excluding hydrogens is 652 g/mol. The maximum absolute atomic E-state index is 13.9. The Labute approximate surface area is 283 Å². The fraction of sp³-hybridized carbons (Fsp3) is 0.135. The van der Waals surface area contributed by atoms with Crippen molar-refractivity contribution in [3.63, 3.8) is 0 Å². The third kappa shape index (κ3) is 9.42. The molecule has 2 amide bonds. The summed E-state index contributed by atoms with van der Waals surface area (Å²) in [7, 11) is -2.42. The highest BCUT2D eigenvalue weighted by molar-refractivity contribution is 7.92. The number of rotatable bonds is 14. The van der Waals surface area contributed by atoms with Gasteiger partial charge in [0.05, 0.1) is 12.0 Å². The number of carbonyl (C=O) groups is 2. The molecule has 12 heteroatoms. The molecule has 0 heterocycles. The molecule has 0 bridgehead atoms. The maximum Gasteiger partial charge on any atom is 0.261 e. The van der Waals surface area contributed by atoms with Gasteiger partial charge >= 0.3 is 0 Å². The van der Waals surface area contributed by atoms with Gasteiger partial charge in [0.25, 0.3) is 15.9 Å². The molecule has 0 aliphatic heterocycles. The van der Waals surface area contributed by atoms with Crippen molar-refractivity contribution in [2.45, 2.75) is 24.0 Å². The Kier molecular flexibility index (Phi) is 11.2. The summed E-state index contributed by atoms with van der Waals surface area (Å²) in [6, 6.07) is 30.8. The van der Waals surface area contributed by atoms with Crippen LogP contribution in [-0.4, -0.2) is 38.8 Å². The third-order valence-electron chi connectivity index (χ3n) is 7.48. The van der Waals surface area contributed by atoms with Crippen molar-refractivity contribution in [2.24, 2.45) is 0 Å². The van der Waals surface area contributed by atoms with E-state index in [-0.39, 0.29) is 29.4 Å². The zero-order chi connectivity index (χ0) is 34.8. The second-order valence-corrected chi connectivity index (χ2v) is 12.6. The molecule has 0 spiro atoms. The number of hydrogen-bond acceptors (Lipinski definition) is 6. The minimum atomic E-state index is -3.99. The zero-order valence-corrected chi connectivity index (χ0v) is 27.2. The smallest absolute Gasteiger partial charge is 0.261 e. The van der Waals surface area contributed by atoms with Crippen molar-refractivity contribution >= 4 is 27.5 Å². The molecule has 0 radical (unpaired) electrons. The molecule has 0 aliphatic rings. The van der Waals surface area contributed by atoms with Crippen LogP contribution in [0.1, 0.15) is 22.7 Å². The van der Waals surface area contributed by atoms with E-state index < -0.39 is 46.1 Å². The van der Waals surface area contributed by atoms with Gasteiger partial charge < -0.3 is 19.7 Å². The lowest BCUT2D eigenvalue weighted by Crippen LogP contribution is -2.45. The summed E-state index contributed by atoms with van der Waals surface area (Å²) < 4.78 is 66.0. The topological polar surface area (TPSA) is 114 Å². The van der Waals surface area contributed by atoms with Crippen LogP contribution >= 0.6 is 0 Å². The molecule has 0 saturated carbocycles. The van der Waals surface area contributed by atoms with Gasteiger partial charge in [0.15, 0.2) is 6.61 Å². The van der Waals surface area contributed by atoms with E-state index >= 15 is 0 Å². The van der Waals surface area contributed by atoms with E-state index in [1.54, 1.807) is 49.6 Å². The number of halogens is 2. The molecule has 9 nitrogen and oxygen atoms in total. The molecule has 0 unspecified atom stereocenters. The minimum Gasteiger partial charge on any atom is -0.497 e. The molecule has 1 atom stereocenters. The Bertz CT molecular complexity index is 1960. The lowest BCUT2D eigenvalue weighted by atomic mass is 10.0. The van der Waals surface area contributed by atoms with Crippen LogP contribution in [0.2, 0.25) is 0 Å². The standard InChI is InChI=1S/C37H33F2N3O6S/c1-47-32-17-9-26(10-18-32)23-40-37(44)36(28-5-3-2-4-6-28)42(24-27-7-11-29(38)12-8-27)35(43)25-48-33-19-21-34(22-20-33)49(45,46)41-31-15-13-30(39)14-16-31/h2-22,36,41H,23-25H2,1H3,(H,40,44)/t36-/m1/s1. The van der Waals surface area contributed by atoms with Crippen LogP contribution in [0.3, 0.4) is 0 Å². The van der Waals surface area contributed by atoms with E-state index in [1.807, 2.05) is 12.1 Å². The van der Waals surface area contributed by atoms with Gasteiger partial charge in [-0.05, 0) is 89.5 Å². The molecule has 0 fully saturated rings. The number of sulfonamides is 1. The number of benzene rings is 5. The van der Waals surface area contributed by atoms with Crippen molar-refractivity contribution in [1.82, 2.24) is 10.2 Å². The summed E-state index contributed by atoms with van der Waals surface area (Å²) in [4.78, 5) is 29.1. The van der Waals surface area contributed by atoms with Gasteiger partial charge in [-0.3, -0.25) is 14.3 Å². The largest absolute Gasteiger partial charge is 0.497 e. The number of carbonyl (C=O) groups excluding carboxylic acids is 2. The lowest BCUT2D eigenvalue weighted by Gasteiger charge is -2.31. The predicted molar refractivity (Wildman–Crippen MR) is 180 cm³/mol. The van der Waals surface area contributed by atoms with Crippen LogP contribution in [0.25, 0.3) is 0 Å². The Hall–Kier alpha value is -5.75. The summed E-state index contributed by atoms with van der Waals surface area (Å²) in [5.41, 5.74) is 2.14. The SMILES string of the molecule is COc1ccc(CNC(=O)[C@@H](c2ccccc2)N(Cc2ccc(F)cc2)C(=O)COc2ccc(S(=O)(=O)Nc3ccc(F)cc3)cc2)cc1. The Morgan fingerprint density at radius 1 is 0.735 bits per heavy atom. The first-order valence-corrected chi connectivity index (χ1v) is 16.6. The van der Waals surface area contributed by atoms with E-state index in [4.69, 9.17) is 9.47 Å². The van der Waals surface area contributed by atoms with Gasteiger partial charge in [0, 0.05) is 18.8 Å². The van der Waals surface area contributed by atoms with Crippen molar-refractivity contribution < 1.29 is 36.3 Å². The van der Waals surface area contributed by atoms with E-state index in [0.29, 0.717) is 16.9 Å². The van der Waals surface area contributed by atoms with Gasteiger partial charge in [0.1, 0.15) is 29.2 Å². The molecular formula is C37H33F2N3O6S. The number of methoxy groups -OCH3 is 1. The Balaban J connectivity index is 1.35. The molecule has 2 N–H and O–H groups in total. The molecule has 5 aromatic carbocycles. The van der Waals surface area contributed by atoms with Gasteiger partial charge in [-0.1, -0.05) is 54.6 Å². The van der Waals surface area contributed by atoms with Crippen LogP contribution in [-0.2, 0) is 32.7 Å². The van der Waals surface area contributed by atoms with Crippen molar-refractivity contribution in [1.29, 1.82) is 0 Å². The highest BCUT2D eigenvalue weighted by atomic mass is 32.2. The maximum atomic E-state index is 13.9. The fourth-order valence-electron chi connectivity index (χ4n) is 4.92. The quantitative estimate of drug-likeness (QED) is 0.143. The van der Waals surface area contributed by atoms with E-state index in [1.165, 1.54) is 65.6 Å². The first kappa shape index (κ1) is 34.6. The first-order valence-electron chi connectivity index (χ1n) is 15.1. The Morgan fingerprint density at radius 3 is 1.92 bits per heavy atom. The van der Waals surface area contributed by atoms with E-state index in [9.17, 15) is 26.8 Å². The van der Waals surface area contributed by atoms with Gasteiger partial charge in [0.2, 0.25) is 5.91 Å². The number of hydrogen-bond donors (Lipinski definition) is 2. The lowest BCUT2D eigenvalue weighted by molar-refractivity contribution is -0.143. The van der Waals surface area contributed by atoms with E-state index in [0.717, 1.165) is 17.7 Å². The average molecular weight is 686 g/mol. The minimum absolute atomic E-state index is 0.0375. The van der Waals surface area contributed by atoms with Crippen LogP contribution in [0, 0.1) is 11.6 Å². The van der Waals surface area contributed by atoms with Gasteiger partial charge in [-0.25, -0.2) is 17.2 Å². The average Bonchev–Trinajstić information content (AvgIpc) is 3.12. The highest BCUT2D eigenvalue weighted by Crippen LogP contribution is 2.26. The zero-order valence-electron chi connectivity index (χ0n) is 26.4. The normalized spacial score (nSPS) is 11.7. The Morgan fingerprint density at radius 2 is 1.31 bits per heavy atom. The number of nitrogens with zero attached hydrogens (tertiary/aromatic N) is 1. The van der Waals surface area contributed by atoms with Gasteiger partial charge in [-0.2, -0.15) is 0 Å². The molecule has 0 saturated heterocycles. The van der Waals surface area contributed by atoms with Crippen LogP contribution in [0.15, 0.2) is 132 Å². The third-order valence-corrected chi connectivity index (χ3v) is 8.88. The first-order chi connectivity index (χ1) is 23.6. The number of nitrogens with one attached hydrogen (secondary N) is 2. The highest BCUT2D eigenvalue weighted by Gasteiger charge is 2.32. The summed E-state index contributed by atoms with van der Waals surface area (Å²) in [6.07, 6.45) is 0. The number of anilines is 1. The van der Waals surface area contributed by atoms with Crippen LogP contribution in [0.5, 0.6) is 11.5 Å². The number of ether oxygens (including phenoxy) is 2. The van der Waals surface area contributed by atoms with Crippen molar-refractivity contribution in [3.8, 4) is 11.5 Å². The summed E-state index contributed by atoms with van der Waals surface area (Å²) in [5.74, 6) is -1.06. The van der Waals surface area contributed by atoms with Crippen LogP contribution in [0.4, 0.5) is 14.5 Å². The molecule has 49 heavy (non-hydrogen) atoms. The summed E-state index contributed by atoms with van der Waals surface area (Å²) in [5, 5.41) is 2.92. The second kappa shape index (κ2) is 15.9. The van der Waals surface area contributed by atoms with Crippen molar-refractivity contribution in [3.05, 3.63) is 156 Å². The predicted octanol–water partition coefficient (Wildman–Crippen LogP) is 6.24. The van der Waals surface area contributed by atoms with E-state index in [2.05, 4.69) is 10.0 Å². The summed E-state index contributed by atoms with van der Waals surface area (Å²) >= 11 is 0. The molecule has 5 aromatic rings. The molecule has 0 aromatic heterocycles. The van der Waals surface area contributed by atoms with Crippen LogP contribution < -0.4 is 19.5 Å². The molecule has 0 aliphatic carbocycles. The second-order valence-electron chi connectivity index (χ2n) is 10.9.